The van der Waals surface area contributed by atoms with Gasteiger partial charge in [0, 0.05) is 140 Å². The van der Waals surface area contributed by atoms with Crippen LogP contribution >= 0.6 is 34.0 Å². The van der Waals surface area contributed by atoms with E-state index in [1.54, 1.807) is 0 Å². The van der Waals surface area contributed by atoms with Crippen LogP contribution in [0.15, 0.2) is 413 Å². The molecule has 554 valence electrons. The van der Waals surface area contributed by atoms with Crippen molar-refractivity contribution in [2.45, 2.75) is 0 Å². The molecule has 7 heterocycles. The lowest BCUT2D eigenvalue weighted by molar-refractivity contribution is 1.22. The van der Waals surface area contributed by atoms with Crippen molar-refractivity contribution in [1.29, 1.82) is 0 Å². The Hall–Kier alpha value is -14.5. The fourth-order valence-corrected chi connectivity index (χ4v) is 23.5. The minimum Gasteiger partial charge on any atom is -0.311 e. The Labute approximate surface area is 701 Å². The lowest BCUT2D eigenvalue weighted by atomic mass is 9.30. The van der Waals surface area contributed by atoms with Gasteiger partial charge in [0.15, 0.2) is 0 Å². The van der Waals surface area contributed by atoms with Gasteiger partial charge in [-0.2, -0.15) is 0 Å². The van der Waals surface area contributed by atoms with Crippen LogP contribution < -0.4 is 62.2 Å². The molecule has 0 radical (unpaired) electrons. The molecule has 3 aromatic heterocycles. The molecule has 0 spiro atoms. The van der Waals surface area contributed by atoms with Gasteiger partial charge in [-0.05, 0) is 189 Å². The first-order valence-corrected chi connectivity index (χ1v) is 43.2. The predicted molar refractivity (Wildman–Crippen MR) is 513 cm³/mol. The molecule has 119 heavy (non-hydrogen) atoms. The van der Waals surface area contributed by atoms with Crippen molar-refractivity contribution in [3.8, 4) is 22.3 Å². The van der Waals surface area contributed by atoms with Crippen LogP contribution in [0.25, 0.3) is 82.8 Å². The number of rotatable bonds is 12. The molecule has 21 aromatic rings. The standard InChI is InChI=1S/C108H68B2N6S3/c1-7-33-69(34-8-1)77-48-29-49-78(70-35-9-2-10-36-70)108(77)116-87-53-25-23-51-83(87)110-85-67-84-91(68-92(85)115(90-56-32-62-102-105(90)81-47-21-28-59-99(81)119-102)95-65-76(66-96(116)107(95)110)112(73-41-15-5-16-42-73)88-54-30-60-100-103(88)79-45-19-26-57-97(79)117-100)114(89-55-31-61-101-104(89)80-46-20-27-58-98(80)118-101)94-64-75(111(71-37-11-3-12-38-71)72-39-13-4-14-40-72)63-93-106(94)109(84)82-50-22-24-52-86(82)113(93)74-43-17-6-18-44-74/h1-68H. The van der Waals surface area contributed by atoms with Gasteiger partial charge in [-0.3, -0.25) is 0 Å². The summed E-state index contributed by atoms with van der Waals surface area (Å²) in [5, 5.41) is 7.35. The molecule has 0 saturated carbocycles. The summed E-state index contributed by atoms with van der Waals surface area (Å²) in [5.41, 5.74) is 31.6. The molecule has 0 bridgehead atoms. The van der Waals surface area contributed by atoms with Gasteiger partial charge >= 0.3 is 0 Å². The zero-order chi connectivity index (χ0) is 77.9. The van der Waals surface area contributed by atoms with Gasteiger partial charge in [0.25, 0.3) is 13.4 Å². The molecular weight excluding hydrogens is 1500 g/mol. The Morgan fingerprint density at radius 1 is 0.210 bits per heavy atom. The van der Waals surface area contributed by atoms with E-state index in [0.717, 1.165) is 125 Å². The van der Waals surface area contributed by atoms with E-state index in [-0.39, 0.29) is 13.4 Å². The quantitative estimate of drug-likeness (QED) is 0.113. The second-order valence-corrected chi connectivity index (χ2v) is 34.5. The number of hydrogen-bond donors (Lipinski definition) is 0. The van der Waals surface area contributed by atoms with Crippen LogP contribution in [-0.4, -0.2) is 13.4 Å². The summed E-state index contributed by atoms with van der Waals surface area (Å²) >= 11 is 5.61. The number of fused-ring (bicyclic) bond motifs is 17. The lowest BCUT2D eigenvalue weighted by Crippen LogP contribution is -2.65. The molecule has 0 atom stereocenters. The highest BCUT2D eigenvalue weighted by Gasteiger charge is 2.50. The third-order valence-corrected chi connectivity index (χ3v) is 28.3. The Morgan fingerprint density at radius 3 is 1.04 bits per heavy atom. The SMILES string of the molecule is c1ccc(-c2cccc(-c3ccccc3)c2N2c3ccccc3B3c4cc5c(cc4N(c4cccc6sc7ccccc7c46)c4cc(N(c6ccccc6)c6cccc7sc8ccccc8c67)cc2c43)N(c2cccc3sc4ccccc4c23)c2cc(N(c3ccccc3)c3ccccc3)cc3c2B5c2ccccc2N3c2ccccc2)cc1. The van der Waals surface area contributed by atoms with Gasteiger partial charge in [-0.15, -0.1) is 34.0 Å². The van der Waals surface area contributed by atoms with Crippen LogP contribution in [0.3, 0.4) is 0 Å². The average Bonchev–Trinajstić information content (AvgIpc) is 1.43. The maximum Gasteiger partial charge on any atom is 0.252 e. The van der Waals surface area contributed by atoms with Crippen LogP contribution in [0.5, 0.6) is 0 Å². The van der Waals surface area contributed by atoms with Crippen molar-refractivity contribution in [1.82, 2.24) is 0 Å². The van der Waals surface area contributed by atoms with Gasteiger partial charge in [0.05, 0.1) is 34.1 Å². The molecule has 6 nitrogen and oxygen atoms in total. The molecule has 0 saturated heterocycles. The van der Waals surface area contributed by atoms with E-state index in [1.807, 2.05) is 34.0 Å². The molecule has 4 aliphatic heterocycles. The van der Waals surface area contributed by atoms with Crippen molar-refractivity contribution < 1.29 is 0 Å². The summed E-state index contributed by atoms with van der Waals surface area (Å²) in [6, 6.07) is 156. The second kappa shape index (κ2) is 27.1. The van der Waals surface area contributed by atoms with Crippen molar-refractivity contribution in [2.75, 3.05) is 29.4 Å². The highest BCUT2D eigenvalue weighted by Crippen LogP contribution is 2.58. The Morgan fingerprint density at radius 2 is 0.555 bits per heavy atom. The summed E-state index contributed by atoms with van der Waals surface area (Å²) in [6.45, 7) is -0.583. The van der Waals surface area contributed by atoms with E-state index in [1.165, 1.54) is 93.3 Å². The van der Waals surface area contributed by atoms with Crippen molar-refractivity contribution >= 4 is 243 Å². The smallest absolute Gasteiger partial charge is 0.252 e. The fourth-order valence-electron chi connectivity index (χ4n) is 20.1. The number of anilines is 18. The summed E-state index contributed by atoms with van der Waals surface area (Å²) < 4.78 is 7.44. The fraction of sp³-hybridized carbons (Fsp3) is 0. The topological polar surface area (TPSA) is 19.4 Å². The van der Waals surface area contributed by atoms with Crippen LogP contribution in [0, 0.1) is 0 Å². The largest absolute Gasteiger partial charge is 0.311 e. The van der Waals surface area contributed by atoms with E-state index in [9.17, 15) is 0 Å². The van der Waals surface area contributed by atoms with E-state index in [0.29, 0.717) is 0 Å². The molecular formula is C108H68B2N6S3. The Bertz CT molecular complexity index is 7590. The van der Waals surface area contributed by atoms with Gasteiger partial charge in [-0.1, -0.05) is 267 Å². The molecule has 25 rings (SSSR count). The van der Waals surface area contributed by atoms with E-state index in [2.05, 4.69) is 442 Å². The van der Waals surface area contributed by atoms with Crippen molar-refractivity contribution in [3.05, 3.63) is 413 Å². The maximum absolute atomic E-state index is 2.74. The first-order valence-electron chi connectivity index (χ1n) is 40.8. The number of nitrogens with zero attached hydrogens (tertiary/aromatic N) is 6. The normalized spacial score (nSPS) is 12.9. The predicted octanol–water partition coefficient (Wildman–Crippen LogP) is 27.2. The lowest BCUT2D eigenvalue weighted by Gasteiger charge is -2.48. The zero-order valence-electron chi connectivity index (χ0n) is 64.3. The average molecular weight is 1570 g/mol. The number of hydrogen-bond acceptors (Lipinski definition) is 9. The third-order valence-electron chi connectivity index (χ3n) is 24.9. The molecule has 0 fully saturated rings. The zero-order valence-corrected chi connectivity index (χ0v) is 66.8. The number of para-hydroxylation sites is 7. The Kier molecular flexibility index (Phi) is 15.4. The Balaban J connectivity index is 0.860. The highest BCUT2D eigenvalue weighted by molar-refractivity contribution is 7.26. The van der Waals surface area contributed by atoms with Crippen LogP contribution in [0.2, 0.25) is 0 Å². The first-order chi connectivity index (χ1) is 59.1. The van der Waals surface area contributed by atoms with Gasteiger partial charge in [0.1, 0.15) is 0 Å². The molecule has 11 heteroatoms. The van der Waals surface area contributed by atoms with Crippen molar-refractivity contribution in [2.24, 2.45) is 0 Å². The molecule has 0 aliphatic carbocycles. The molecule has 18 aromatic carbocycles. The van der Waals surface area contributed by atoms with Crippen LogP contribution in [-0.2, 0) is 0 Å². The molecule has 0 unspecified atom stereocenters. The molecule has 0 amide bonds. The minimum atomic E-state index is -0.319. The van der Waals surface area contributed by atoms with Crippen LogP contribution in [0.1, 0.15) is 0 Å². The van der Waals surface area contributed by atoms with Crippen LogP contribution in [0.4, 0.5) is 102 Å². The number of benzene rings is 18. The summed E-state index contributed by atoms with van der Waals surface area (Å²) in [5.74, 6) is 0. The van der Waals surface area contributed by atoms with E-state index < -0.39 is 0 Å². The first kappa shape index (κ1) is 67.8. The minimum absolute atomic E-state index is 0.264. The van der Waals surface area contributed by atoms with Gasteiger partial charge in [0.2, 0.25) is 0 Å². The second-order valence-electron chi connectivity index (χ2n) is 31.3. The van der Waals surface area contributed by atoms with Gasteiger partial charge < -0.3 is 29.4 Å². The summed E-state index contributed by atoms with van der Waals surface area (Å²) in [4.78, 5) is 15.7. The van der Waals surface area contributed by atoms with E-state index >= 15 is 0 Å². The van der Waals surface area contributed by atoms with E-state index in [4.69, 9.17) is 0 Å². The molecule has 4 aliphatic rings. The molecule has 0 N–H and O–H groups in total. The summed E-state index contributed by atoms with van der Waals surface area (Å²) in [7, 11) is 0. The monoisotopic (exact) mass is 1570 g/mol. The van der Waals surface area contributed by atoms with Gasteiger partial charge in [-0.25, -0.2) is 0 Å². The maximum atomic E-state index is 2.74. The highest BCUT2D eigenvalue weighted by atomic mass is 32.1. The third kappa shape index (κ3) is 10.4. The number of thiophene rings is 3. The van der Waals surface area contributed by atoms with Crippen molar-refractivity contribution in [3.63, 3.8) is 0 Å². The summed E-state index contributed by atoms with van der Waals surface area (Å²) in [6.07, 6.45) is 0.